The molecule has 1 amide bonds. The molecule has 40 heavy (non-hydrogen) atoms. The molecular formula is C31H35N5O2S2. The fourth-order valence-electron chi connectivity index (χ4n) is 6.79. The number of fused-ring (bicyclic) bond motifs is 2. The lowest BCUT2D eigenvalue weighted by Crippen LogP contribution is -2.37. The normalized spacial score (nSPS) is 21.5. The molecule has 2 aromatic heterocycles. The smallest absolute Gasteiger partial charge is 0.273 e. The zero-order chi connectivity index (χ0) is 27.9. The Hall–Kier alpha value is -3.17. The van der Waals surface area contributed by atoms with E-state index in [9.17, 15) is 4.79 Å². The molecular weight excluding hydrogens is 539 g/mol. The predicted molar refractivity (Wildman–Crippen MR) is 159 cm³/mol. The molecule has 2 fully saturated rings. The van der Waals surface area contributed by atoms with Gasteiger partial charge in [0.25, 0.3) is 5.91 Å². The molecule has 2 bridgehead atoms. The zero-order valence-electron chi connectivity index (χ0n) is 23.5. The van der Waals surface area contributed by atoms with E-state index < -0.39 is 0 Å². The summed E-state index contributed by atoms with van der Waals surface area (Å²) in [4.78, 5) is 20.4. The topological polar surface area (TPSA) is 73.1 Å². The van der Waals surface area contributed by atoms with Crippen molar-refractivity contribution in [2.75, 3.05) is 13.7 Å². The minimum Gasteiger partial charge on any atom is -0.495 e. The largest absolute Gasteiger partial charge is 0.495 e. The van der Waals surface area contributed by atoms with Crippen LogP contribution in [0.4, 0.5) is 0 Å². The summed E-state index contributed by atoms with van der Waals surface area (Å²) in [6.45, 7) is 7.83. The molecule has 1 saturated carbocycles. The fraction of sp³-hybridized carbons (Fsp3) is 0.419. The number of benzene rings is 2. The van der Waals surface area contributed by atoms with Crippen molar-refractivity contribution in [3.05, 3.63) is 82.1 Å². The zero-order valence-corrected chi connectivity index (χ0v) is 25.1. The number of thiazole rings is 1. The summed E-state index contributed by atoms with van der Waals surface area (Å²) in [5, 5.41) is 12.7. The van der Waals surface area contributed by atoms with Gasteiger partial charge >= 0.3 is 0 Å². The third-order valence-corrected chi connectivity index (χ3v) is 9.97. The number of carbonyl (C=O) groups excluding carboxylic acids is 1. The van der Waals surface area contributed by atoms with Gasteiger partial charge < -0.3 is 9.64 Å². The van der Waals surface area contributed by atoms with E-state index in [2.05, 4.69) is 52.6 Å². The Bertz CT molecular complexity index is 1510. The number of aromatic nitrogens is 4. The number of hydrogen-bond acceptors (Lipinski definition) is 7. The van der Waals surface area contributed by atoms with Crippen LogP contribution in [0.3, 0.4) is 0 Å². The maximum Gasteiger partial charge on any atom is 0.273 e. The highest BCUT2D eigenvalue weighted by atomic mass is 32.2. The fourth-order valence-corrected chi connectivity index (χ4v) is 8.54. The number of para-hydroxylation sites is 2. The van der Waals surface area contributed by atoms with Crippen molar-refractivity contribution in [3.63, 3.8) is 0 Å². The van der Waals surface area contributed by atoms with E-state index in [1.165, 1.54) is 17.8 Å². The standard InChI is InChI=1S/C31H35N5O2S2/c1-30(2)15-22-16-31(3,19-30)20-35(22)28(37)23-17-39-27(32-23)18-40-29-34-33-26(14-21-10-6-5-7-11-21)36(29)24-12-8-9-13-25(24)38-4/h5-13,17,22H,14-16,18-20H2,1-4H3. The van der Waals surface area contributed by atoms with E-state index in [1.54, 1.807) is 18.9 Å². The molecule has 1 saturated heterocycles. The van der Waals surface area contributed by atoms with E-state index >= 15 is 0 Å². The Balaban J connectivity index is 1.21. The van der Waals surface area contributed by atoms with Crippen molar-refractivity contribution >= 4 is 29.0 Å². The van der Waals surface area contributed by atoms with Crippen LogP contribution in [-0.4, -0.2) is 50.3 Å². The molecule has 2 aliphatic rings. The van der Waals surface area contributed by atoms with E-state index in [1.807, 2.05) is 47.8 Å². The Kier molecular flexibility index (Phi) is 7.21. The van der Waals surface area contributed by atoms with Crippen molar-refractivity contribution in [1.82, 2.24) is 24.6 Å². The van der Waals surface area contributed by atoms with Crippen LogP contribution in [0.1, 0.15) is 66.9 Å². The summed E-state index contributed by atoms with van der Waals surface area (Å²) in [5.74, 6) is 2.27. The minimum atomic E-state index is 0.0706. The van der Waals surface area contributed by atoms with Crippen LogP contribution in [-0.2, 0) is 12.2 Å². The van der Waals surface area contributed by atoms with Crippen molar-refractivity contribution < 1.29 is 9.53 Å². The van der Waals surface area contributed by atoms with Crippen LogP contribution in [0.5, 0.6) is 5.75 Å². The van der Waals surface area contributed by atoms with Crippen LogP contribution >= 0.6 is 23.1 Å². The van der Waals surface area contributed by atoms with E-state index in [0.717, 1.165) is 52.4 Å². The van der Waals surface area contributed by atoms with E-state index in [4.69, 9.17) is 9.72 Å². The first kappa shape index (κ1) is 27.0. The lowest BCUT2D eigenvalue weighted by Gasteiger charge is -2.39. The third kappa shape index (κ3) is 5.41. The van der Waals surface area contributed by atoms with Gasteiger partial charge in [0.15, 0.2) is 5.16 Å². The Morgan fingerprint density at radius 3 is 2.65 bits per heavy atom. The molecule has 0 radical (unpaired) electrons. The average Bonchev–Trinajstić information content (AvgIpc) is 3.62. The van der Waals surface area contributed by atoms with Crippen LogP contribution in [0.15, 0.2) is 65.1 Å². The molecule has 2 unspecified atom stereocenters. The lowest BCUT2D eigenvalue weighted by atomic mass is 9.65. The van der Waals surface area contributed by atoms with Crippen molar-refractivity contribution in [2.45, 2.75) is 63.4 Å². The number of hydrogen-bond donors (Lipinski definition) is 0. The highest BCUT2D eigenvalue weighted by molar-refractivity contribution is 7.98. The maximum atomic E-state index is 13.5. The molecule has 1 aliphatic heterocycles. The van der Waals surface area contributed by atoms with Crippen molar-refractivity contribution in [3.8, 4) is 11.4 Å². The highest BCUT2D eigenvalue weighted by Gasteiger charge is 2.51. The highest BCUT2D eigenvalue weighted by Crippen LogP contribution is 2.52. The van der Waals surface area contributed by atoms with Gasteiger partial charge in [-0.25, -0.2) is 4.98 Å². The molecule has 3 heterocycles. The summed E-state index contributed by atoms with van der Waals surface area (Å²) in [7, 11) is 1.68. The van der Waals surface area contributed by atoms with Gasteiger partial charge in [-0.3, -0.25) is 9.36 Å². The molecule has 6 rings (SSSR count). The summed E-state index contributed by atoms with van der Waals surface area (Å²) < 4.78 is 7.75. The average molecular weight is 574 g/mol. The van der Waals surface area contributed by atoms with Gasteiger partial charge in [-0.2, -0.15) is 0 Å². The molecule has 4 aromatic rings. The van der Waals surface area contributed by atoms with Gasteiger partial charge in [-0.1, -0.05) is 75.0 Å². The molecule has 0 spiro atoms. The number of thioether (sulfide) groups is 1. The second kappa shape index (κ2) is 10.7. The van der Waals surface area contributed by atoms with Crippen LogP contribution in [0.2, 0.25) is 0 Å². The maximum absolute atomic E-state index is 13.5. The van der Waals surface area contributed by atoms with Crippen LogP contribution < -0.4 is 4.74 Å². The lowest BCUT2D eigenvalue weighted by molar-refractivity contribution is 0.0703. The van der Waals surface area contributed by atoms with Gasteiger partial charge in [0.2, 0.25) is 0 Å². The summed E-state index contributed by atoms with van der Waals surface area (Å²) in [5.41, 5.74) is 3.10. The van der Waals surface area contributed by atoms with Crippen molar-refractivity contribution in [2.24, 2.45) is 10.8 Å². The summed E-state index contributed by atoms with van der Waals surface area (Å²) in [6, 6.07) is 18.5. The molecule has 208 valence electrons. The molecule has 9 heteroatoms. The number of ether oxygens (including phenoxy) is 1. The summed E-state index contributed by atoms with van der Waals surface area (Å²) in [6.07, 6.45) is 3.97. The third-order valence-electron chi connectivity index (χ3n) is 8.00. The Morgan fingerprint density at radius 1 is 1.07 bits per heavy atom. The van der Waals surface area contributed by atoms with Crippen LogP contribution in [0.25, 0.3) is 5.69 Å². The molecule has 0 N–H and O–H groups in total. The van der Waals surface area contributed by atoms with Gasteiger partial charge in [0.05, 0.1) is 18.6 Å². The Morgan fingerprint density at radius 2 is 1.85 bits per heavy atom. The number of carbonyl (C=O) groups is 1. The summed E-state index contributed by atoms with van der Waals surface area (Å²) >= 11 is 3.11. The molecule has 1 aliphatic carbocycles. The minimum absolute atomic E-state index is 0.0706. The van der Waals surface area contributed by atoms with Gasteiger partial charge in [0.1, 0.15) is 22.3 Å². The molecule has 7 nitrogen and oxygen atoms in total. The second-order valence-electron chi connectivity index (χ2n) is 12.1. The number of likely N-dealkylation sites (tertiary alicyclic amines) is 1. The van der Waals surface area contributed by atoms with Gasteiger partial charge in [-0.05, 0) is 47.8 Å². The SMILES string of the molecule is COc1ccccc1-n1c(Cc2ccccc2)nnc1SCc1nc(C(=O)N2CC3(C)CC2CC(C)(C)C3)cs1. The molecule has 2 aromatic carbocycles. The van der Waals surface area contributed by atoms with Crippen molar-refractivity contribution in [1.29, 1.82) is 0 Å². The monoisotopic (exact) mass is 573 g/mol. The second-order valence-corrected chi connectivity index (χ2v) is 14.0. The van der Waals surface area contributed by atoms with Crippen LogP contribution in [0, 0.1) is 10.8 Å². The first-order valence-electron chi connectivity index (χ1n) is 13.7. The van der Waals surface area contributed by atoms with E-state index in [0.29, 0.717) is 23.9 Å². The predicted octanol–water partition coefficient (Wildman–Crippen LogP) is 6.66. The quantitative estimate of drug-likeness (QED) is 0.220. The first-order chi connectivity index (χ1) is 19.2. The Labute approximate surface area is 244 Å². The molecule has 2 atom stereocenters. The first-order valence-corrected chi connectivity index (χ1v) is 15.6. The number of amides is 1. The number of nitrogens with zero attached hydrogens (tertiary/aromatic N) is 5. The van der Waals surface area contributed by atoms with Gasteiger partial charge in [0, 0.05) is 24.4 Å². The van der Waals surface area contributed by atoms with Gasteiger partial charge in [-0.15, -0.1) is 21.5 Å². The number of rotatable bonds is 8. The van der Waals surface area contributed by atoms with E-state index in [-0.39, 0.29) is 16.7 Å². The number of methoxy groups -OCH3 is 1.